The van der Waals surface area contributed by atoms with Crippen LogP contribution in [0.25, 0.3) is 17.1 Å². The van der Waals surface area contributed by atoms with E-state index in [-0.39, 0.29) is 23.3 Å². The van der Waals surface area contributed by atoms with E-state index in [9.17, 15) is 9.59 Å². The van der Waals surface area contributed by atoms with Crippen LogP contribution in [0.1, 0.15) is 39.9 Å². The first kappa shape index (κ1) is 17.8. The van der Waals surface area contributed by atoms with Crippen molar-refractivity contribution in [2.24, 2.45) is 0 Å². The van der Waals surface area contributed by atoms with Gasteiger partial charge in [-0.05, 0) is 31.2 Å². The monoisotopic (exact) mass is 410 g/mol. The van der Waals surface area contributed by atoms with Gasteiger partial charge in [-0.2, -0.15) is 10.1 Å². The highest BCUT2D eigenvalue weighted by molar-refractivity contribution is 7.12. The van der Waals surface area contributed by atoms with Crippen molar-refractivity contribution in [1.82, 2.24) is 29.6 Å². The van der Waals surface area contributed by atoms with Crippen molar-refractivity contribution in [3.05, 3.63) is 56.5 Å². The molecule has 1 saturated heterocycles. The molecular formula is C19H18N6O3S. The maximum absolute atomic E-state index is 12.6. The zero-order chi connectivity index (χ0) is 20.0. The number of fused-ring (bicyclic) bond motifs is 1. The van der Waals surface area contributed by atoms with Gasteiger partial charge < -0.3 is 14.4 Å². The van der Waals surface area contributed by atoms with Crippen molar-refractivity contribution in [2.75, 3.05) is 13.1 Å². The highest BCUT2D eigenvalue weighted by atomic mass is 32.1. The van der Waals surface area contributed by atoms with Gasteiger partial charge in [0.1, 0.15) is 5.52 Å². The largest absolute Gasteiger partial charge is 0.337 e. The van der Waals surface area contributed by atoms with Crippen molar-refractivity contribution in [2.45, 2.75) is 25.7 Å². The van der Waals surface area contributed by atoms with Gasteiger partial charge >= 0.3 is 0 Å². The number of carbonyl (C=O) groups is 1. The van der Waals surface area contributed by atoms with Gasteiger partial charge in [0, 0.05) is 37.0 Å². The van der Waals surface area contributed by atoms with E-state index < -0.39 is 0 Å². The Labute approximate surface area is 169 Å². The number of hydrogen-bond donors (Lipinski definition) is 1. The van der Waals surface area contributed by atoms with Crippen LogP contribution in [0.15, 0.2) is 39.1 Å². The first-order valence-electron chi connectivity index (χ1n) is 9.34. The number of rotatable bonds is 3. The zero-order valence-corrected chi connectivity index (χ0v) is 16.5. The molecule has 0 saturated carbocycles. The Morgan fingerprint density at radius 1 is 1.41 bits per heavy atom. The Morgan fingerprint density at radius 2 is 2.31 bits per heavy atom. The van der Waals surface area contributed by atoms with Crippen LogP contribution in [0.5, 0.6) is 0 Å². The second-order valence-electron chi connectivity index (χ2n) is 7.15. The predicted molar refractivity (Wildman–Crippen MR) is 106 cm³/mol. The predicted octanol–water partition coefficient (Wildman–Crippen LogP) is 2.46. The number of carbonyl (C=O) groups excluding carboxylic acids is 1. The van der Waals surface area contributed by atoms with Gasteiger partial charge in [-0.15, -0.1) is 11.3 Å². The molecule has 1 aliphatic heterocycles. The van der Waals surface area contributed by atoms with Gasteiger partial charge in [0.2, 0.25) is 0 Å². The summed E-state index contributed by atoms with van der Waals surface area (Å²) in [5.41, 5.74) is 1.34. The summed E-state index contributed by atoms with van der Waals surface area (Å²) in [6, 6.07) is 5.35. The zero-order valence-electron chi connectivity index (χ0n) is 15.7. The van der Waals surface area contributed by atoms with Gasteiger partial charge in [-0.25, -0.2) is 4.52 Å². The highest BCUT2D eigenvalue weighted by Gasteiger charge is 2.29. The number of amides is 1. The fourth-order valence-corrected chi connectivity index (χ4v) is 4.35. The van der Waals surface area contributed by atoms with Crippen LogP contribution in [0.4, 0.5) is 0 Å². The fraction of sp³-hybridized carbons (Fsp3) is 0.316. The van der Waals surface area contributed by atoms with Crippen LogP contribution in [0.2, 0.25) is 0 Å². The lowest BCUT2D eigenvalue weighted by Gasteiger charge is -2.30. The van der Waals surface area contributed by atoms with E-state index in [1.807, 2.05) is 22.4 Å². The minimum absolute atomic E-state index is 0.00726. The van der Waals surface area contributed by atoms with Crippen LogP contribution in [-0.4, -0.2) is 48.6 Å². The van der Waals surface area contributed by atoms with Crippen molar-refractivity contribution in [1.29, 1.82) is 0 Å². The molecule has 5 heterocycles. The lowest BCUT2D eigenvalue weighted by molar-refractivity contribution is 0.0708. The van der Waals surface area contributed by atoms with Crippen LogP contribution < -0.4 is 5.56 Å². The number of nitrogens with one attached hydrogen (secondary N) is 1. The van der Waals surface area contributed by atoms with E-state index in [0.29, 0.717) is 29.3 Å². The smallest absolute Gasteiger partial charge is 0.278 e. The summed E-state index contributed by atoms with van der Waals surface area (Å²) in [5.74, 6) is 0.879. The van der Waals surface area contributed by atoms with Crippen LogP contribution >= 0.6 is 11.3 Å². The van der Waals surface area contributed by atoms with Crippen LogP contribution in [-0.2, 0) is 0 Å². The normalized spacial score (nSPS) is 17.1. The van der Waals surface area contributed by atoms with Crippen molar-refractivity contribution < 1.29 is 9.32 Å². The summed E-state index contributed by atoms with van der Waals surface area (Å²) >= 11 is 1.45. The number of aryl methyl sites for hydroxylation is 1. The lowest BCUT2D eigenvalue weighted by atomic mass is 9.97. The van der Waals surface area contributed by atoms with Crippen LogP contribution in [0, 0.1) is 6.92 Å². The molecule has 10 heteroatoms. The Morgan fingerprint density at radius 3 is 3.14 bits per heavy atom. The minimum Gasteiger partial charge on any atom is -0.337 e. The number of hydrogen-bond acceptors (Lipinski definition) is 7. The topological polar surface area (TPSA) is 109 Å². The molecule has 5 rings (SSSR count). The van der Waals surface area contributed by atoms with Gasteiger partial charge in [0.05, 0.1) is 4.88 Å². The third-order valence-corrected chi connectivity index (χ3v) is 5.92. The summed E-state index contributed by atoms with van der Waals surface area (Å²) in [6.07, 6.45) is 3.50. The molecule has 9 nitrogen and oxygen atoms in total. The Bertz CT molecular complexity index is 1240. The third-order valence-electron chi connectivity index (χ3n) is 5.06. The Kier molecular flexibility index (Phi) is 4.27. The average Bonchev–Trinajstić information content (AvgIpc) is 3.46. The summed E-state index contributed by atoms with van der Waals surface area (Å²) < 4.78 is 6.93. The highest BCUT2D eigenvalue weighted by Crippen LogP contribution is 2.28. The summed E-state index contributed by atoms with van der Waals surface area (Å²) in [6.45, 7) is 3.07. The molecular weight excluding hydrogens is 392 g/mol. The van der Waals surface area contributed by atoms with Crippen LogP contribution in [0.3, 0.4) is 0 Å². The van der Waals surface area contributed by atoms with E-state index in [0.717, 1.165) is 24.3 Å². The number of thiophene rings is 1. The second kappa shape index (κ2) is 6.96. The molecule has 4 aromatic heterocycles. The van der Waals surface area contributed by atoms with E-state index in [2.05, 4.69) is 20.2 Å². The molecule has 1 aliphatic rings. The van der Waals surface area contributed by atoms with E-state index in [1.165, 1.54) is 15.9 Å². The molecule has 4 aromatic rings. The molecule has 1 unspecified atom stereocenters. The maximum Gasteiger partial charge on any atom is 0.278 e. The third kappa shape index (κ3) is 3.25. The lowest BCUT2D eigenvalue weighted by Crippen LogP contribution is -2.39. The number of H-pyrrole nitrogens is 1. The van der Waals surface area contributed by atoms with E-state index in [4.69, 9.17) is 4.52 Å². The quantitative estimate of drug-likeness (QED) is 0.556. The first-order valence-corrected chi connectivity index (χ1v) is 10.2. The number of nitrogens with zero attached hydrogens (tertiary/aromatic N) is 5. The molecule has 29 heavy (non-hydrogen) atoms. The standard InChI is InChI=1S/C19H18N6O3S/c1-11-9-25-14(17(26)20-11)8-13(22-25)18-21-16(23-28-18)12-4-2-6-24(10-12)19(27)15-5-3-7-29-15/h3,5,7-9,12H,2,4,6,10H2,1H3,(H,20,26). The van der Waals surface area contributed by atoms with E-state index in [1.54, 1.807) is 19.2 Å². The molecule has 0 bridgehead atoms. The fourth-order valence-electron chi connectivity index (χ4n) is 3.66. The molecule has 0 aromatic carbocycles. The van der Waals surface area contributed by atoms with Gasteiger partial charge in [0.15, 0.2) is 11.5 Å². The Hall–Kier alpha value is -3.27. The molecule has 0 radical (unpaired) electrons. The first-order chi connectivity index (χ1) is 14.1. The maximum atomic E-state index is 12.6. The SMILES string of the molecule is Cc1cn2nc(-c3nc(C4CCCN(C(=O)c5cccs5)C4)no3)cc2c(=O)[nH]1. The number of likely N-dealkylation sites (tertiary alicyclic amines) is 1. The number of aromatic nitrogens is 5. The summed E-state index contributed by atoms with van der Waals surface area (Å²) in [4.78, 5) is 34.6. The molecule has 0 spiro atoms. The van der Waals surface area contributed by atoms with Gasteiger partial charge in [0.25, 0.3) is 17.4 Å². The van der Waals surface area contributed by atoms with Gasteiger partial charge in [-0.1, -0.05) is 11.2 Å². The molecule has 1 atom stereocenters. The summed E-state index contributed by atoms with van der Waals surface area (Å²) in [7, 11) is 0. The second-order valence-corrected chi connectivity index (χ2v) is 8.10. The number of aromatic amines is 1. The molecule has 1 amide bonds. The molecule has 1 N–H and O–H groups in total. The molecule has 148 valence electrons. The van der Waals surface area contributed by atoms with Crippen molar-refractivity contribution in [3.63, 3.8) is 0 Å². The van der Waals surface area contributed by atoms with E-state index >= 15 is 0 Å². The van der Waals surface area contributed by atoms with Gasteiger partial charge in [-0.3, -0.25) is 9.59 Å². The Balaban J connectivity index is 1.39. The average molecular weight is 410 g/mol. The number of piperidine rings is 1. The molecule has 1 fully saturated rings. The minimum atomic E-state index is -0.224. The van der Waals surface area contributed by atoms with Crippen molar-refractivity contribution >= 4 is 22.8 Å². The molecule has 0 aliphatic carbocycles. The van der Waals surface area contributed by atoms with Crippen molar-refractivity contribution in [3.8, 4) is 11.6 Å². The summed E-state index contributed by atoms with van der Waals surface area (Å²) in [5, 5.41) is 10.4.